The molecule has 1 rings (SSSR count). The third kappa shape index (κ3) is 3.11. The summed E-state index contributed by atoms with van der Waals surface area (Å²) in [5.41, 5.74) is 0.309. The van der Waals surface area contributed by atoms with Crippen molar-refractivity contribution in [1.82, 2.24) is 4.90 Å². The van der Waals surface area contributed by atoms with E-state index >= 15 is 0 Å². The van der Waals surface area contributed by atoms with Gasteiger partial charge in [-0.1, -0.05) is 12.2 Å². The molecule has 1 amide bonds. The Morgan fingerprint density at radius 1 is 1.18 bits per heavy atom. The maximum atomic E-state index is 12.0. The number of carbonyl (C=O) groups excluding carboxylic acids is 1. The van der Waals surface area contributed by atoms with Gasteiger partial charge in [-0.15, -0.1) is 13.2 Å². The number of rotatable bonds is 5. The molecule has 90 valence electrons. The molecule has 0 fully saturated rings. The zero-order valence-electron chi connectivity index (χ0n) is 9.47. The zero-order valence-corrected chi connectivity index (χ0v) is 9.47. The van der Waals surface area contributed by atoms with Crippen LogP contribution in [0.15, 0.2) is 43.5 Å². The molecule has 2 N–H and O–H groups in total. The molecular weight excluding hydrogens is 218 g/mol. The van der Waals surface area contributed by atoms with E-state index in [9.17, 15) is 9.90 Å². The molecule has 0 spiro atoms. The van der Waals surface area contributed by atoms with Gasteiger partial charge in [0.05, 0.1) is 0 Å². The van der Waals surface area contributed by atoms with E-state index in [4.69, 9.17) is 5.11 Å². The van der Waals surface area contributed by atoms with Gasteiger partial charge < -0.3 is 15.1 Å². The first kappa shape index (κ1) is 12.8. The summed E-state index contributed by atoms with van der Waals surface area (Å²) < 4.78 is 0. The maximum absolute atomic E-state index is 12.0. The van der Waals surface area contributed by atoms with Gasteiger partial charge in [0.25, 0.3) is 5.91 Å². The minimum Gasteiger partial charge on any atom is -0.504 e. The lowest BCUT2D eigenvalue weighted by molar-refractivity contribution is 0.0790. The van der Waals surface area contributed by atoms with E-state index in [1.54, 1.807) is 12.2 Å². The van der Waals surface area contributed by atoms with Crippen molar-refractivity contribution in [3.05, 3.63) is 49.1 Å². The Hall–Kier alpha value is -2.23. The fourth-order valence-corrected chi connectivity index (χ4v) is 1.39. The lowest BCUT2D eigenvalue weighted by Gasteiger charge is -2.19. The van der Waals surface area contributed by atoms with Crippen molar-refractivity contribution in [1.29, 1.82) is 0 Å². The van der Waals surface area contributed by atoms with Gasteiger partial charge in [0, 0.05) is 18.7 Å². The van der Waals surface area contributed by atoms with Crippen LogP contribution in [-0.4, -0.2) is 34.1 Å². The highest BCUT2D eigenvalue weighted by atomic mass is 16.3. The summed E-state index contributed by atoms with van der Waals surface area (Å²) in [7, 11) is 0. The first-order valence-electron chi connectivity index (χ1n) is 5.13. The normalized spacial score (nSPS) is 9.65. The Morgan fingerprint density at radius 3 is 2.24 bits per heavy atom. The van der Waals surface area contributed by atoms with Crippen molar-refractivity contribution in [2.75, 3.05) is 13.1 Å². The third-order valence-corrected chi connectivity index (χ3v) is 2.21. The number of hydrogen-bond donors (Lipinski definition) is 2. The predicted octanol–water partition coefficient (Wildman–Crippen LogP) is 1.91. The van der Waals surface area contributed by atoms with Crippen LogP contribution < -0.4 is 0 Å². The first-order valence-corrected chi connectivity index (χ1v) is 5.13. The van der Waals surface area contributed by atoms with Crippen LogP contribution in [0.4, 0.5) is 0 Å². The van der Waals surface area contributed by atoms with E-state index in [0.29, 0.717) is 18.7 Å². The molecule has 0 aliphatic heterocycles. The van der Waals surface area contributed by atoms with Crippen LogP contribution in [0.1, 0.15) is 10.4 Å². The van der Waals surface area contributed by atoms with Gasteiger partial charge >= 0.3 is 0 Å². The molecule has 0 radical (unpaired) electrons. The fraction of sp³-hybridized carbons (Fsp3) is 0.154. The second-order valence-electron chi connectivity index (χ2n) is 3.49. The Morgan fingerprint density at radius 2 is 1.76 bits per heavy atom. The standard InChI is InChI=1S/C13H15NO3/c1-3-7-14(8-4-2)13(17)10-5-6-11(15)12(16)9-10/h3-6,9,15-16H,1-2,7-8H2. The summed E-state index contributed by atoms with van der Waals surface area (Å²) in [5.74, 6) is -0.811. The van der Waals surface area contributed by atoms with E-state index in [2.05, 4.69) is 13.2 Å². The molecule has 0 aromatic heterocycles. The SMILES string of the molecule is C=CCN(CC=C)C(=O)c1ccc(O)c(O)c1. The van der Waals surface area contributed by atoms with E-state index < -0.39 is 0 Å². The van der Waals surface area contributed by atoms with Crippen molar-refractivity contribution in [2.24, 2.45) is 0 Å². The average molecular weight is 233 g/mol. The van der Waals surface area contributed by atoms with Gasteiger partial charge in [-0.2, -0.15) is 0 Å². The molecule has 0 saturated carbocycles. The lowest BCUT2D eigenvalue weighted by atomic mass is 10.1. The van der Waals surface area contributed by atoms with Gasteiger partial charge in [0.15, 0.2) is 11.5 Å². The highest BCUT2D eigenvalue weighted by Crippen LogP contribution is 2.25. The maximum Gasteiger partial charge on any atom is 0.254 e. The highest BCUT2D eigenvalue weighted by Gasteiger charge is 2.14. The molecule has 0 bridgehead atoms. The second kappa shape index (κ2) is 5.75. The number of aromatic hydroxyl groups is 2. The van der Waals surface area contributed by atoms with Crippen molar-refractivity contribution in [3.8, 4) is 11.5 Å². The molecular formula is C13H15NO3. The third-order valence-electron chi connectivity index (χ3n) is 2.21. The number of nitrogens with zero attached hydrogens (tertiary/aromatic N) is 1. The van der Waals surface area contributed by atoms with Gasteiger partial charge in [-0.05, 0) is 18.2 Å². The molecule has 0 saturated heterocycles. The number of hydrogen-bond acceptors (Lipinski definition) is 3. The summed E-state index contributed by atoms with van der Waals surface area (Å²) in [6.07, 6.45) is 3.23. The monoisotopic (exact) mass is 233 g/mol. The number of carbonyl (C=O) groups is 1. The Balaban J connectivity index is 2.95. The molecule has 1 aromatic rings. The number of phenolic OH excluding ortho intramolecular Hbond substituents is 2. The van der Waals surface area contributed by atoms with E-state index in [0.717, 1.165) is 0 Å². The molecule has 0 atom stereocenters. The van der Waals surface area contributed by atoms with E-state index in [-0.39, 0.29) is 17.4 Å². The highest BCUT2D eigenvalue weighted by molar-refractivity contribution is 5.95. The molecule has 17 heavy (non-hydrogen) atoms. The molecule has 0 unspecified atom stereocenters. The summed E-state index contributed by atoms with van der Waals surface area (Å²) >= 11 is 0. The van der Waals surface area contributed by atoms with Gasteiger partial charge in [-0.25, -0.2) is 0 Å². The van der Waals surface area contributed by atoms with Gasteiger partial charge in [0.1, 0.15) is 0 Å². The van der Waals surface area contributed by atoms with Crippen LogP contribution in [0.5, 0.6) is 11.5 Å². The largest absolute Gasteiger partial charge is 0.504 e. The fourth-order valence-electron chi connectivity index (χ4n) is 1.39. The van der Waals surface area contributed by atoms with Crippen molar-refractivity contribution in [3.63, 3.8) is 0 Å². The van der Waals surface area contributed by atoms with Crippen LogP contribution >= 0.6 is 0 Å². The Bertz CT molecular complexity index is 430. The molecule has 0 aliphatic rings. The summed E-state index contributed by atoms with van der Waals surface area (Å²) in [5, 5.41) is 18.5. The van der Waals surface area contributed by atoms with Crippen molar-refractivity contribution in [2.45, 2.75) is 0 Å². The second-order valence-corrected chi connectivity index (χ2v) is 3.49. The van der Waals surface area contributed by atoms with Crippen LogP contribution in [0.25, 0.3) is 0 Å². The Kier molecular flexibility index (Phi) is 4.34. The smallest absolute Gasteiger partial charge is 0.254 e. The van der Waals surface area contributed by atoms with Crippen LogP contribution in [0.2, 0.25) is 0 Å². The number of benzene rings is 1. The first-order chi connectivity index (χ1) is 8.10. The Labute approximate surface area is 100 Å². The van der Waals surface area contributed by atoms with Gasteiger partial charge in [0.2, 0.25) is 0 Å². The quantitative estimate of drug-likeness (QED) is 0.603. The summed E-state index contributed by atoms with van der Waals surface area (Å²) in [6.45, 7) is 7.94. The van der Waals surface area contributed by atoms with Crippen LogP contribution in [0, 0.1) is 0 Å². The molecule has 1 aromatic carbocycles. The molecule has 4 nitrogen and oxygen atoms in total. The predicted molar refractivity (Wildman–Crippen MR) is 66.1 cm³/mol. The number of phenols is 2. The average Bonchev–Trinajstić information content (AvgIpc) is 2.31. The minimum atomic E-state index is -0.312. The topological polar surface area (TPSA) is 60.8 Å². The molecule has 0 aliphatic carbocycles. The van der Waals surface area contributed by atoms with Crippen molar-refractivity contribution >= 4 is 5.91 Å². The summed E-state index contributed by atoms with van der Waals surface area (Å²) in [4.78, 5) is 13.5. The van der Waals surface area contributed by atoms with Gasteiger partial charge in [-0.3, -0.25) is 4.79 Å². The molecule has 4 heteroatoms. The molecule has 0 heterocycles. The van der Waals surface area contributed by atoms with Crippen molar-refractivity contribution < 1.29 is 15.0 Å². The van der Waals surface area contributed by atoms with Crippen LogP contribution in [0.3, 0.4) is 0 Å². The number of amides is 1. The van der Waals surface area contributed by atoms with E-state index in [1.807, 2.05) is 0 Å². The zero-order chi connectivity index (χ0) is 12.8. The lowest BCUT2D eigenvalue weighted by Crippen LogP contribution is -2.31. The van der Waals surface area contributed by atoms with Crippen LogP contribution in [-0.2, 0) is 0 Å². The van der Waals surface area contributed by atoms with E-state index in [1.165, 1.54) is 23.1 Å². The summed E-state index contributed by atoms with van der Waals surface area (Å²) in [6, 6.07) is 3.97. The minimum absolute atomic E-state index is 0.249.